The number of amides is 2. The molecule has 0 unspecified atom stereocenters. The molecule has 242 valence electrons. The van der Waals surface area contributed by atoms with Gasteiger partial charge in [-0.2, -0.15) is 0 Å². The number of nitrogens with zero attached hydrogens (tertiary/aromatic N) is 2. The Kier molecular flexibility index (Phi) is 11.6. The molecule has 1 atom stereocenters. The van der Waals surface area contributed by atoms with E-state index in [-0.39, 0.29) is 29.5 Å². The van der Waals surface area contributed by atoms with E-state index in [2.05, 4.69) is 21.2 Å². The van der Waals surface area contributed by atoms with Gasteiger partial charge in [-0.15, -0.1) is 0 Å². The number of rotatable bonds is 11. The molecule has 0 bridgehead atoms. The molecule has 0 saturated heterocycles. The number of aryl methyl sites for hydroxylation is 1. The lowest BCUT2D eigenvalue weighted by Gasteiger charge is -2.35. The van der Waals surface area contributed by atoms with E-state index in [1.54, 1.807) is 54.6 Å². The number of hydrogen-bond donors (Lipinski definition) is 1. The molecule has 0 fully saturated rings. The lowest BCUT2D eigenvalue weighted by Crippen LogP contribution is -2.56. The standard InChI is InChI=1S/C35H36BrCl2N3O4S/c1-24-13-17-30(18-14-24)46(44,45)41(29-12-8-11-27(36)20-29)23-33(42)40(22-26-15-16-28(37)21-31(26)38)32(34(43)39-35(2,3)4)19-25-9-6-5-7-10-25/h5-18,20-21,32H,19,22-23H2,1-4H3,(H,39,43)/t32-/m1/s1. The van der Waals surface area contributed by atoms with Gasteiger partial charge in [-0.3, -0.25) is 13.9 Å². The SMILES string of the molecule is Cc1ccc(S(=O)(=O)N(CC(=O)N(Cc2ccc(Cl)cc2Cl)[C@H](Cc2ccccc2)C(=O)NC(C)(C)C)c2cccc(Br)c2)cc1. The quantitative estimate of drug-likeness (QED) is 0.170. The number of carbonyl (C=O) groups excluding carboxylic acids is 2. The first-order valence-electron chi connectivity index (χ1n) is 14.6. The Balaban J connectivity index is 1.84. The van der Waals surface area contributed by atoms with Gasteiger partial charge in [0.25, 0.3) is 10.0 Å². The van der Waals surface area contributed by atoms with Gasteiger partial charge >= 0.3 is 0 Å². The number of anilines is 1. The maximum absolute atomic E-state index is 14.6. The van der Waals surface area contributed by atoms with Gasteiger partial charge in [0.2, 0.25) is 11.8 Å². The summed E-state index contributed by atoms with van der Waals surface area (Å²) < 4.78 is 30.1. The molecule has 2 amide bonds. The summed E-state index contributed by atoms with van der Waals surface area (Å²) in [6.45, 7) is 6.79. The van der Waals surface area contributed by atoms with Crippen molar-refractivity contribution in [1.29, 1.82) is 0 Å². The molecule has 4 aromatic rings. The zero-order valence-electron chi connectivity index (χ0n) is 26.0. The highest BCUT2D eigenvalue weighted by Crippen LogP contribution is 2.29. The van der Waals surface area contributed by atoms with Crippen LogP contribution in [0, 0.1) is 6.92 Å². The fourth-order valence-corrected chi connectivity index (χ4v) is 7.10. The van der Waals surface area contributed by atoms with Crippen LogP contribution in [0.1, 0.15) is 37.5 Å². The van der Waals surface area contributed by atoms with Crippen molar-refractivity contribution in [3.63, 3.8) is 0 Å². The number of halogens is 3. The second-order valence-electron chi connectivity index (χ2n) is 12.0. The molecule has 1 N–H and O–H groups in total. The fraction of sp³-hybridized carbons (Fsp3) is 0.257. The highest BCUT2D eigenvalue weighted by molar-refractivity contribution is 9.10. The molecule has 7 nitrogen and oxygen atoms in total. The zero-order chi connectivity index (χ0) is 33.6. The van der Waals surface area contributed by atoms with Gasteiger partial charge in [0.15, 0.2) is 0 Å². The Morgan fingerprint density at radius 3 is 2.17 bits per heavy atom. The Morgan fingerprint density at radius 2 is 1.57 bits per heavy atom. The molecule has 4 rings (SSSR count). The topological polar surface area (TPSA) is 86.8 Å². The Morgan fingerprint density at radius 1 is 0.891 bits per heavy atom. The number of sulfonamides is 1. The Labute approximate surface area is 289 Å². The van der Waals surface area contributed by atoms with E-state index in [1.807, 2.05) is 58.0 Å². The van der Waals surface area contributed by atoms with Crippen molar-refractivity contribution < 1.29 is 18.0 Å². The first-order valence-corrected chi connectivity index (χ1v) is 17.6. The smallest absolute Gasteiger partial charge is 0.264 e. The van der Waals surface area contributed by atoms with E-state index in [0.29, 0.717) is 20.1 Å². The van der Waals surface area contributed by atoms with Crippen LogP contribution in [-0.4, -0.2) is 43.3 Å². The molecule has 0 heterocycles. The molecule has 0 aliphatic rings. The van der Waals surface area contributed by atoms with Crippen LogP contribution in [0.15, 0.2) is 106 Å². The van der Waals surface area contributed by atoms with Crippen LogP contribution in [-0.2, 0) is 32.6 Å². The molecule has 0 radical (unpaired) electrons. The molecule has 0 spiro atoms. The summed E-state index contributed by atoms with van der Waals surface area (Å²) in [5, 5.41) is 3.75. The van der Waals surface area contributed by atoms with Crippen molar-refractivity contribution in [3.8, 4) is 0 Å². The van der Waals surface area contributed by atoms with Gasteiger partial charge in [-0.25, -0.2) is 8.42 Å². The molecular weight excluding hydrogens is 709 g/mol. The maximum Gasteiger partial charge on any atom is 0.264 e. The Hall–Kier alpha value is -3.37. The number of carbonyl (C=O) groups is 2. The van der Waals surface area contributed by atoms with E-state index in [0.717, 1.165) is 15.4 Å². The molecule has 0 aromatic heterocycles. The number of benzene rings is 4. The average Bonchev–Trinajstić information content (AvgIpc) is 2.98. The van der Waals surface area contributed by atoms with E-state index >= 15 is 0 Å². The summed E-state index contributed by atoms with van der Waals surface area (Å²) in [7, 11) is -4.22. The minimum Gasteiger partial charge on any atom is -0.350 e. The van der Waals surface area contributed by atoms with E-state index in [9.17, 15) is 18.0 Å². The summed E-state index contributed by atoms with van der Waals surface area (Å²) in [6, 6.07) is 26.4. The molecular formula is C35H36BrCl2N3O4S. The summed E-state index contributed by atoms with van der Waals surface area (Å²) in [4.78, 5) is 30.0. The highest BCUT2D eigenvalue weighted by atomic mass is 79.9. The first kappa shape index (κ1) is 35.5. The van der Waals surface area contributed by atoms with Crippen LogP contribution in [0.3, 0.4) is 0 Å². The van der Waals surface area contributed by atoms with Gasteiger partial charge < -0.3 is 10.2 Å². The van der Waals surface area contributed by atoms with E-state index in [4.69, 9.17) is 23.2 Å². The predicted octanol–water partition coefficient (Wildman–Crippen LogP) is 7.81. The van der Waals surface area contributed by atoms with Gasteiger partial charge in [0.1, 0.15) is 12.6 Å². The third-order valence-electron chi connectivity index (χ3n) is 7.11. The largest absolute Gasteiger partial charge is 0.350 e. The van der Waals surface area contributed by atoms with Crippen molar-refractivity contribution in [2.75, 3.05) is 10.8 Å². The third kappa shape index (κ3) is 9.35. The van der Waals surface area contributed by atoms with Crippen molar-refractivity contribution in [3.05, 3.63) is 128 Å². The van der Waals surface area contributed by atoms with Crippen molar-refractivity contribution in [2.45, 2.75) is 57.1 Å². The second kappa shape index (κ2) is 15.0. The third-order valence-corrected chi connectivity index (χ3v) is 9.98. The van der Waals surface area contributed by atoms with E-state index < -0.39 is 34.1 Å². The summed E-state index contributed by atoms with van der Waals surface area (Å²) in [6.07, 6.45) is 0.182. The molecule has 4 aromatic carbocycles. The van der Waals surface area contributed by atoms with Crippen molar-refractivity contribution in [2.24, 2.45) is 0 Å². The first-order chi connectivity index (χ1) is 21.6. The zero-order valence-corrected chi connectivity index (χ0v) is 29.9. The molecule has 0 aliphatic heterocycles. The minimum absolute atomic E-state index is 0.0319. The van der Waals surface area contributed by atoms with Gasteiger partial charge in [0, 0.05) is 33.0 Å². The number of nitrogens with one attached hydrogen (secondary N) is 1. The van der Waals surface area contributed by atoms with Gasteiger partial charge in [-0.1, -0.05) is 99.3 Å². The molecule has 0 aliphatic carbocycles. The van der Waals surface area contributed by atoms with Crippen molar-refractivity contribution >= 4 is 66.7 Å². The minimum atomic E-state index is -4.22. The average molecular weight is 746 g/mol. The van der Waals surface area contributed by atoms with Crippen LogP contribution in [0.4, 0.5) is 5.69 Å². The Bertz CT molecular complexity index is 1800. The van der Waals surface area contributed by atoms with Crippen LogP contribution in [0.5, 0.6) is 0 Å². The summed E-state index contributed by atoms with van der Waals surface area (Å²) >= 11 is 16.2. The predicted molar refractivity (Wildman–Crippen MR) is 189 cm³/mol. The fourth-order valence-electron chi connectivity index (χ4n) is 4.84. The molecule has 11 heteroatoms. The summed E-state index contributed by atoms with van der Waals surface area (Å²) in [5.41, 5.74) is 1.95. The van der Waals surface area contributed by atoms with Gasteiger partial charge in [-0.05, 0) is 81.3 Å². The monoisotopic (exact) mass is 743 g/mol. The lowest BCUT2D eigenvalue weighted by molar-refractivity contribution is -0.140. The highest BCUT2D eigenvalue weighted by Gasteiger charge is 2.36. The van der Waals surface area contributed by atoms with Crippen LogP contribution in [0.2, 0.25) is 10.0 Å². The maximum atomic E-state index is 14.6. The van der Waals surface area contributed by atoms with Crippen molar-refractivity contribution in [1.82, 2.24) is 10.2 Å². The van der Waals surface area contributed by atoms with Crippen LogP contribution < -0.4 is 9.62 Å². The molecule has 0 saturated carbocycles. The summed E-state index contributed by atoms with van der Waals surface area (Å²) in [5.74, 6) is -0.975. The van der Waals surface area contributed by atoms with E-state index in [1.165, 1.54) is 17.0 Å². The van der Waals surface area contributed by atoms with Gasteiger partial charge in [0.05, 0.1) is 10.6 Å². The van der Waals surface area contributed by atoms with Crippen LogP contribution >= 0.6 is 39.1 Å². The second-order valence-corrected chi connectivity index (χ2v) is 15.6. The van der Waals surface area contributed by atoms with Crippen LogP contribution in [0.25, 0.3) is 0 Å². The lowest BCUT2D eigenvalue weighted by atomic mass is 10.0. The normalized spacial score (nSPS) is 12.3. The molecule has 46 heavy (non-hydrogen) atoms. The number of hydrogen-bond acceptors (Lipinski definition) is 4.